The normalized spacial score (nSPS) is 26.9. The SMILES string of the molecule is CC(C)CCC[C@]1(CC(=O)O)O[C@@H](C(C)(C)C)OC1=O. The van der Waals surface area contributed by atoms with E-state index in [4.69, 9.17) is 14.6 Å². The molecule has 1 aliphatic rings. The summed E-state index contributed by atoms with van der Waals surface area (Å²) in [6, 6.07) is 0. The van der Waals surface area contributed by atoms with Crippen LogP contribution in [0.3, 0.4) is 0 Å². The Hall–Kier alpha value is -1.10. The first-order chi connectivity index (χ1) is 9.07. The molecule has 5 heteroatoms. The van der Waals surface area contributed by atoms with Crippen molar-refractivity contribution in [3.8, 4) is 0 Å². The number of carboxylic acids is 1. The first-order valence-electron chi connectivity index (χ1n) is 7.17. The lowest BCUT2D eigenvalue weighted by molar-refractivity contribution is -0.161. The molecule has 1 heterocycles. The second-order valence-corrected chi connectivity index (χ2v) is 7.07. The van der Waals surface area contributed by atoms with Gasteiger partial charge >= 0.3 is 11.9 Å². The molecule has 0 aromatic carbocycles. The van der Waals surface area contributed by atoms with Gasteiger partial charge in [0.15, 0.2) is 5.60 Å². The third-order valence-corrected chi connectivity index (χ3v) is 3.42. The molecule has 1 rings (SSSR count). The lowest BCUT2D eigenvalue weighted by Crippen LogP contribution is -2.40. The van der Waals surface area contributed by atoms with Crippen LogP contribution in [0.2, 0.25) is 0 Å². The van der Waals surface area contributed by atoms with E-state index in [1.807, 2.05) is 20.8 Å². The molecule has 0 saturated carbocycles. The summed E-state index contributed by atoms with van der Waals surface area (Å²) in [5, 5.41) is 9.07. The van der Waals surface area contributed by atoms with Crippen molar-refractivity contribution in [3.05, 3.63) is 0 Å². The Bertz CT molecular complexity index is 369. The lowest BCUT2D eigenvalue weighted by Gasteiger charge is -2.27. The van der Waals surface area contributed by atoms with Gasteiger partial charge in [-0.1, -0.05) is 41.0 Å². The Labute approximate surface area is 120 Å². The predicted molar refractivity (Wildman–Crippen MR) is 74.1 cm³/mol. The van der Waals surface area contributed by atoms with Gasteiger partial charge in [-0.3, -0.25) is 4.79 Å². The fraction of sp³-hybridized carbons (Fsp3) is 0.867. The van der Waals surface area contributed by atoms with Gasteiger partial charge in [0, 0.05) is 5.41 Å². The van der Waals surface area contributed by atoms with Crippen LogP contribution in [-0.2, 0) is 19.1 Å². The van der Waals surface area contributed by atoms with E-state index >= 15 is 0 Å². The number of hydrogen-bond donors (Lipinski definition) is 1. The summed E-state index contributed by atoms with van der Waals surface area (Å²) in [6.45, 7) is 9.88. The summed E-state index contributed by atoms with van der Waals surface area (Å²) in [4.78, 5) is 23.2. The third-order valence-electron chi connectivity index (χ3n) is 3.42. The molecule has 0 aliphatic carbocycles. The van der Waals surface area contributed by atoms with Gasteiger partial charge in [-0.05, 0) is 18.8 Å². The molecule has 1 aliphatic heterocycles. The predicted octanol–water partition coefficient (Wildman–Crippen LogP) is 2.97. The molecule has 1 N–H and O–H groups in total. The van der Waals surface area contributed by atoms with Crippen LogP contribution in [0.4, 0.5) is 0 Å². The molecule has 0 aromatic rings. The number of carbonyl (C=O) groups is 2. The van der Waals surface area contributed by atoms with Crippen LogP contribution in [0.15, 0.2) is 0 Å². The van der Waals surface area contributed by atoms with Crippen LogP contribution in [0, 0.1) is 11.3 Å². The van der Waals surface area contributed by atoms with Crippen LogP contribution in [0.1, 0.15) is 60.3 Å². The van der Waals surface area contributed by atoms with Crippen LogP contribution < -0.4 is 0 Å². The van der Waals surface area contributed by atoms with Crippen molar-refractivity contribution in [3.63, 3.8) is 0 Å². The maximum Gasteiger partial charge on any atom is 0.341 e. The number of carboxylic acid groups (broad SMARTS) is 1. The number of cyclic esters (lactones) is 1. The molecule has 0 bridgehead atoms. The zero-order valence-corrected chi connectivity index (χ0v) is 13.1. The molecular formula is C15H26O5. The fourth-order valence-corrected chi connectivity index (χ4v) is 2.24. The second kappa shape index (κ2) is 6.12. The first-order valence-corrected chi connectivity index (χ1v) is 7.17. The average Bonchev–Trinajstić information content (AvgIpc) is 2.54. The smallest absolute Gasteiger partial charge is 0.341 e. The third kappa shape index (κ3) is 4.20. The minimum absolute atomic E-state index is 0.337. The first kappa shape index (κ1) is 17.0. The van der Waals surface area contributed by atoms with Gasteiger partial charge in [0.25, 0.3) is 0 Å². The van der Waals surface area contributed by atoms with Crippen LogP contribution in [-0.4, -0.2) is 28.9 Å². The molecule has 1 fully saturated rings. The topological polar surface area (TPSA) is 72.8 Å². The molecule has 1 saturated heterocycles. The molecule has 5 nitrogen and oxygen atoms in total. The van der Waals surface area contributed by atoms with Gasteiger partial charge < -0.3 is 14.6 Å². The van der Waals surface area contributed by atoms with E-state index in [-0.39, 0.29) is 11.8 Å². The molecule has 0 aromatic heterocycles. The molecule has 0 amide bonds. The van der Waals surface area contributed by atoms with Crippen molar-refractivity contribution < 1.29 is 24.2 Å². The zero-order chi connectivity index (χ0) is 15.6. The standard InChI is InChI=1S/C15H26O5/c1-10(2)7-6-8-15(9-11(16)17)12(18)19-13(20-15)14(3,4)5/h10,13H,6-9H2,1-5H3,(H,16,17)/t13-,15+/m0/s1. The highest BCUT2D eigenvalue weighted by Gasteiger charge is 2.54. The molecule has 0 spiro atoms. The summed E-state index contributed by atoms with van der Waals surface area (Å²) >= 11 is 0. The number of aliphatic carboxylic acids is 1. The highest BCUT2D eigenvalue weighted by Crippen LogP contribution is 2.39. The largest absolute Gasteiger partial charge is 0.481 e. The molecule has 116 valence electrons. The minimum Gasteiger partial charge on any atom is -0.481 e. The van der Waals surface area contributed by atoms with Crippen molar-refractivity contribution in [1.82, 2.24) is 0 Å². The van der Waals surface area contributed by atoms with Crippen LogP contribution >= 0.6 is 0 Å². The van der Waals surface area contributed by atoms with Gasteiger partial charge in [-0.15, -0.1) is 0 Å². The van der Waals surface area contributed by atoms with Crippen molar-refractivity contribution in [2.45, 2.75) is 72.2 Å². The van der Waals surface area contributed by atoms with E-state index in [9.17, 15) is 9.59 Å². The number of rotatable bonds is 6. The van der Waals surface area contributed by atoms with E-state index in [0.29, 0.717) is 12.3 Å². The van der Waals surface area contributed by atoms with Gasteiger partial charge in [-0.25, -0.2) is 4.79 Å². The molecule has 0 unspecified atom stereocenters. The van der Waals surface area contributed by atoms with E-state index in [2.05, 4.69) is 13.8 Å². The monoisotopic (exact) mass is 286 g/mol. The summed E-state index contributed by atoms with van der Waals surface area (Å²) in [5.74, 6) is -1.07. The highest BCUT2D eigenvalue weighted by atomic mass is 16.8. The number of carbonyl (C=O) groups excluding carboxylic acids is 1. The van der Waals surface area contributed by atoms with Crippen LogP contribution in [0.25, 0.3) is 0 Å². The van der Waals surface area contributed by atoms with Gasteiger partial charge in [-0.2, -0.15) is 0 Å². The fourth-order valence-electron chi connectivity index (χ4n) is 2.24. The summed E-state index contributed by atoms with van der Waals surface area (Å²) in [5.41, 5.74) is -1.69. The van der Waals surface area contributed by atoms with Crippen molar-refractivity contribution >= 4 is 11.9 Å². The Morgan fingerprint density at radius 2 is 2.00 bits per heavy atom. The maximum atomic E-state index is 12.2. The zero-order valence-electron chi connectivity index (χ0n) is 13.1. The molecule has 0 radical (unpaired) electrons. The van der Waals surface area contributed by atoms with Crippen molar-refractivity contribution in [2.24, 2.45) is 11.3 Å². The number of esters is 1. The van der Waals surface area contributed by atoms with E-state index in [0.717, 1.165) is 12.8 Å². The molecule has 20 heavy (non-hydrogen) atoms. The van der Waals surface area contributed by atoms with Gasteiger partial charge in [0.1, 0.15) is 0 Å². The van der Waals surface area contributed by atoms with Gasteiger partial charge in [0.05, 0.1) is 6.42 Å². The van der Waals surface area contributed by atoms with Crippen molar-refractivity contribution in [2.75, 3.05) is 0 Å². The highest BCUT2D eigenvalue weighted by molar-refractivity contribution is 5.86. The average molecular weight is 286 g/mol. The number of ether oxygens (including phenoxy) is 2. The Morgan fingerprint density at radius 3 is 2.40 bits per heavy atom. The lowest BCUT2D eigenvalue weighted by atomic mass is 9.91. The molecular weight excluding hydrogens is 260 g/mol. The second-order valence-electron chi connectivity index (χ2n) is 7.07. The quantitative estimate of drug-likeness (QED) is 0.760. The van der Waals surface area contributed by atoms with Crippen LogP contribution in [0.5, 0.6) is 0 Å². The van der Waals surface area contributed by atoms with Gasteiger partial charge in [0.2, 0.25) is 6.29 Å². The van der Waals surface area contributed by atoms with E-state index in [1.165, 1.54) is 0 Å². The summed E-state index contributed by atoms with van der Waals surface area (Å²) in [7, 11) is 0. The summed E-state index contributed by atoms with van der Waals surface area (Å²) < 4.78 is 11.0. The number of hydrogen-bond acceptors (Lipinski definition) is 4. The maximum absolute atomic E-state index is 12.2. The Balaban J connectivity index is 2.83. The van der Waals surface area contributed by atoms with Crippen molar-refractivity contribution in [1.29, 1.82) is 0 Å². The van der Waals surface area contributed by atoms with E-state index < -0.39 is 23.8 Å². The molecule has 2 atom stereocenters. The minimum atomic E-state index is -1.32. The Kier molecular flexibility index (Phi) is 5.19. The Morgan fingerprint density at radius 1 is 1.40 bits per heavy atom. The van der Waals surface area contributed by atoms with E-state index in [1.54, 1.807) is 0 Å². The summed E-state index contributed by atoms with van der Waals surface area (Å²) in [6.07, 6.45) is 1.04.